The van der Waals surface area contributed by atoms with Gasteiger partial charge in [-0.15, -0.1) is 0 Å². The summed E-state index contributed by atoms with van der Waals surface area (Å²) < 4.78 is 8.13. The van der Waals surface area contributed by atoms with Crippen LogP contribution in [-0.4, -0.2) is 118 Å². The Balaban J connectivity index is 0.726. The summed E-state index contributed by atoms with van der Waals surface area (Å²) in [6, 6.07) is 15.3. The summed E-state index contributed by atoms with van der Waals surface area (Å²) in [5, 5.41) is 10.8. The Kier molecular flexibility index (Phi) is 9.16. The van der Waals surface area contributed by atoms with Gasteiger partial charge in [-0.25, -0.2) is 4.68 Å². The van der Waals surface area contributed by atoms with Gasteiger partial charge in [0, 0.05) is 63.3 Å². The molecular weight excluding hydrogens is 739 g/mol. The fraction of sp³-hybridized carbons (Fsp3) is 0.442. The number of allylic oxidation sites excluding steroid dienone is 4. The van der Waals surface area contributed by atoms with Gasteiger partial charge in [0.05, 0.1) is 17.2 Å². The Morgan fingerprint density at radius 1 is 0.810 bits per heavy atom. The topological polar surface area (TPSA) is 175 Å². The third kappa shape index (κ3) is 6.36. The number of carbonyl (C=O) groups excluding carboxylic acids is 5. The molecule has 2 aromatic carbocycles. The molecule has 15 nitrogen and oxygen atoms in total. The molecule has 4 saturated heterocycles. The summed E-state index contributed by atoms with van der Waals surface area (Å²) in [6.45, 7) is 6.61. The Morgan fingerprint density at radius 2 is 1.57 bits per heavy atom. The van der Waals surface area contributed by atoms with Crippen LogP contribution in [0.15, 0.2) is 66.4 Å². The van der Waals surface area contributed by atoms with Crippen LogP contribution < -0.4 is 26.0 Å². The minimum Gasteiger partial charge on any atom is -0.462 e. The molecule has 2 unspecified atom stereocenters. The van der Waals surface area contributed by atoms with E-state index in [-0.39, 0.29) is 24.8 Å². The van der Waals surface area contributed by atoms with Crippen LogP contribution in [0, 0.1) is 5.92 Å². The molecule has 7 aliphatic rings. The van der Waals surface area contributed by atoms with Gasteiger partial charge >= 0.3 is 0 Å². The third-order valence-electron chi connectivity index (χ3n) is 13.3. The quantitative estimate of drug-likeness (QED) is 0.272. The van der Waals surface area contributed by atoms with Gasteiger partial charge < -0.3 is 20.7 Å². The number of anilines is 2. The summed E-state index contributed by atoms with van der Waals surface area (Å²) in [4.78, 5) is 71.8. The summed E-state index contributed by atoms with van der Waals surface area (Å²) in [7, 11) is 0. The summed E-state index contributed by atoms with van der Waals surface area (Å²) in [6.07, 6.45) is 8.74. The number of hydrogen-bond acceptors (Lipinski definition) is 11. The number of amides is 5. The lowest BCUT2D eigenvalue weighted by Gasteiger charge is -2.55. The number of imide groups is 2. The van der Waals surface area contributed by atoms with Gasteiger partial charge in [0.2, 0.25) is 11.8 Å². The van der Waals surface area contributed by atoms with Crippen molar-refractivity contribution in [2.75, 3.05) is 56.0 Å². The first kappa shape index (κ1) is 36.5. The molecule has 10 rings (SSSR count). The Hall–Kier alpha value is -5.80. The zero-order valence-corrected chi connectivity index (χ0v) is 32.3. The SMILES string of the molecule is NC(=O)c1c(C2=CC=C(Oc3ccccc3)CC2)nn2c1NCCC2C1CCN(C2CN(C3CN(c4ccc5c(c4)C(=O)N(C4CCC(=O)NC4=O)C5=O)C3)C2)CC1. The van der Waals surface area contributed by atoms with E-state index in [1.165, 1.54) is 0 Å². The average Bonchev–Trinajstić information content (AvgIpc) is 3.71. The lowest BCUT2D eigenvalue weighted by molar-refractivity contribution is -0.136. The van der Waals surface area contributed by atoms with Crippen molar-refractivity contribution in [3.63, 3.8) is 0 Å². The van der Waals surface area contributed by atoms with Crippen molar-refractivity contribution in [3.05, 3.63) is 88.8 Å². The fourth-order valence-corrected chi connectivity index (χ4v) is 9.98. The summed E-state index contributed by atoms with van der Waals surface area (Å²) in [5.74, 6) is 0.466. The van der Waals surface area contributed by atoms with Crippen molar-refractivity contribution in [1.29, 1.82) is 0 Å². The molecule has 5 amide bonds. The molecule has 0 bridgehead atoms. The number of benzene rings is 2. The number of carbonyl (C=O) groups is 5. The number of piperidine rings is 2. The van der Waals surface area contributed by atoms with Crippen molar-refractivity contribution < 1.29 is 28.7 Å². The molecule has 1 aliphatic carbocycles. The van der Waals surface area contributed by atoms with E-state index in [9.17, 15) is 24.0 Å². The molecule has 2 atom stereocenters. The first-order chi connectivity index (χ1) is 28.2. The number of rotatable bonds is 9. The number of nitrogens with one attached hydrogen (secondary N) is 2. The molecule has 6 aliphatic heterocycles. The van der Waals surface area contributed by atoms with Crippen molar-refractivity contribution >= 4 is 46.6 Å². The fourth-order valence-electron chi connectivity index (χ4n) is 9.98. The van der Waals surface area contributed by atoms with E-state index >= 15 is 0 Å². The van der Waals surface area contributed by atoms with Crippen LogP contribution in [0.3, 0.4) is 0 Å². The average molecular weight is 786 g/mol. The van der Waals surface area contributed by atoms with Gasteiger partial charge in [-0.3, -0.25) is 44.0 Å². The van der Waals surface area contributed by atoms with E-state index in [1.807, 2.05) is 48.6 Å². The zero-order chi connectivity index (χ0) is 39.7. The van der Waals surface area contributed by atoms with Gasteiger partial charge in [-0.05, 0) is 93.1 Å². The van der Waals surface area contributed by atoms with E-state index in [0.29, 0.717) is 53.2 Å². The number of primary amides is 1. The molecule has 0 saturated carbocycles. The molecule has 300 valence electrons. The third-order valence-corrected chi connectivity index (χ3v) is 13.3. The van der Waals surface area contributed by atoms with E-state index in [2.05, 4.69) is 30.0 Å². The number of aromatic nitrogens is 2. The normalized spacial score (nSPS) is 24.6. The van der Waals surface area contributed by atoms with Gasteiger partial charge in [0.15, 0.2) is 0 Å². The summed E-state index contributed by atoms with van der Waals surface area (Å²) in [5.41, 5.74) is 9.66. The Morgan fingerprint density at radius 3 is 2.29 bits per heavy atom. The van der Waals surface area contributed by atoms with Gasteiger partial charge in [0.25, 0.3) is 17.7 Å². The van der Waals surface area contributed by atoms with Crippen LogP contribution >= 0.6 is 0 Å². The maximum Gasteiger partial charge on any atom is 0.262 e. The number of hydrogen-bond donors (Lipinski definition) is 3. The highest BCUT2D eigenvalue weighted by Gasteiger charge is 2.46. The van der Waals surface area contributed by atoms with E-state index in [4.69, 9.17) is 15.6 Å². The number of nitrogens with two attached hydrogens (primary N) is 1. The first-order valence-corrected chi connectivity index (χ1v) is 20.6. The molecule has 3 aromatic rings. The van der Waals surface area contributed by atoms with E-state index < -0.39 is 29.7 Å². The monoisotopic (exact) mass is 785 g/mol. The van der Waals surface area contributed by atoms with Crippen LogP contribution in [0.4, 0.5) is 11.5 Å². The highest BCUT2D eigenvalue weighted by molar-refractivity contribution is 6.23. The van der Waals surface area contributed by atoms with Gasteiger partial charge in [0.1, 0.15) is 34.6 Å². The lowest BCUT2D eigenvalue weighted by atomic mass is 9.85. The first-order valence-electron chi connectivity index (χ1n) is 20.6. The van der Waals surface area contributed by atoms with Crippen molar-refractivity contribution in [1.82, 2.24) is 29.8 Å². The highest BCUT2D eigenvalue weighted by atomic mass is 16.5. The predicted octanol–water partition coefficient (Wildman–Crippen LogP) is 3.17. The molecule has 7 heterocycles. The second-order valence-corrected chi connectivity index (χ2v) is 16.6. The zero-order valence-electron chi connectivity index (χ0n) is 32.3. The second kappa shape index (κ2) is 14.5. The van der Waals surface area contributed by atoms with E-state index in [0.717, 1.165) is 98.6 Å². The van der Waals surface area contributed by atoms with E-state index in [1.54, 1.807) is 12.1 Å². The number of para-hydroxylation sites is 1. The number of nitrogens with zero attached hydrogens (tertiary/aromatic N) is 6. The highest BCUT2D eigenvalue weighted by Crippen LogP contribution is 2.41. The predicted molar refractivity (Wildman–Crippen MR) is 214 cm³/mol. The molecule has 58 heavy (non-hydrogen) atoms. The van der Waals surface area contributed by atoms with Crippen LogP contribution in [0.1, 0.15) is 87.8 Å². The molecule has 4 fully saturated rings. The summed E-state index contributed by atoms with van der Waals surface area (Å²) >= 11 is 0. The number of fused-ring (bicyclic) bond motifs is 2. The minimum absolute atomic E-state index is 0.0953. The Labute approximate surface area is 335 Å². The number of likely N-dealkylation sites (tertiary alicyclic amines) is 2. The lowest BCUT2D eigenvalue weighted by Crippen LogP contribution is -2.70. The Bertz CT molecular complexity index is 2270. The van der Waals surface area contributed by atoms with Gasteiger partial charge in [-0.1, -0.05) is 24.3 Å². The smallest absolute Gasteiger partial charge is 0.262 e. The molecule has 0 radical (unpaired) electrons. The van der Waals surface area contributed by atoms with Crippen LogP contribution in [0.25, 0.3) is 5.57 Å². The molecular formula is C43H47N9O6. The van der Waals surface area contributed by atoms with Gasteiger partial charge in [-0.2, -0.15) is 5.10 Å². The minimum atomic E-state index is -0.968. The van der Waals surface area contributed by atoms with Crippen LogP contribution in [0.2, 0.25) is 0 Å². The largest absolute Gasteiger partial charge is 0.462 e. The molecule has 0 spiro atoms. The van der Waals surface area contributed by atoms with Crippen molar-refractivity contribution in [2.24, 2.45) is 11.7 Å². The molecule has 4 N–H and O–H groups in total. The maximum absolute atomic E-state index is 13.3. The van der Waals surface area contributed by atoms with Crippen LogP contribution in [0.5, 0.6) is 5.75 Å². The van der Waals surface area contributed by atoms with Crippen molar-refractivity contribution in [2.45, 2.75) is 69.1 Å². The maximum atomic E-state index is 13.3. The van der Waals surface area contributed by atoms with Crippen molar-refractivity contribution in [3.8, 4) is 5.75 Å². The number of ether oxygens (including phenoxy) is 1. The van der Waals surface area contributed by atoms with Crippen LogP contribution in [-0.2, 0) is 9.59 Å². The second-order valence-electron chi connectivity index (χ2n) is 16.6. The molecule has 1 aromatic heterocycles. The standard InChI is InChI=1S/C43H47N9O6/c44-39(54)37-38(26-6-9-31(10-7-26)58-30-4-2-1-3-5-30)47-52-34(14-17-45-40(37)52)25-15-18-48(19-16-25)28-21-50(22-28)29-23-49(24-29)27-8-11-32-33(20-27)43(57)51(42(32)56)35-12-13-36(53)46-41(35)55/h1-6,8-9,11,20,25,28-29,34-35,45H,7,10,12-19,21-24H2,(H2,44,54)(H,46,53,55). The molecule has 15 heteroatoms.